The van der Waals surface area contributed by atoms with Crippen LogP contribution in [0.4, 0.5) is 5.69 Å². The number of benzene rings is 2. The fraction of sp³-hybridized carbons (Fsp3) is 0.300. The Morgan fingerprint density at radius 3 is 2.20 bits per heavy atom. The highest BCUT2D eigenvalue weighted by Crippen LogP contribution is 2.21. The summed E-state index contributed by atoms with van der Waals surface area (Å²) in [6, 6.07) is 13.0. The fourth-order valence-electron chi connectivity index (χ4n) is 2.78. The van der Waals surface area contributed by atoms with E-state index in [9.17, 15) is 14.7 Å². The van der Waals surface area contributed by atoms with Crippen LogP contribution in [-0.4, -0.2) is 23.5 Å². The second-order valence-electron chi connectivity index (χ2n) is 6.23. The summed E-state index contributed by atoms with van der Waals surface area (Å²) in [5, 5.41) is 15.4. The second-order valence-corrected chi connectivity index (χ2v) is 6.23. The van der Waals surface area contributed by atoms with Crippen LogP contribution in [0, 0.1) is 20.8 Å². The van der Waals surface area contributed by atoms with E-state index in [1.54, 1.807) is 24.3 Å². The predicted molar refractivity (Wildman–Crippen MR) is 98.3 cm³/mol. The molecule has 0 aliphatic rings. The molecule has 0 radical (unpaired) electrons. The molecule has 0 saturated heterocycles. The maximum atomic E-state index is 12.1. The lowest BCUT2D eigenvalue weighted by atomic mass is 10.1. The van der Waals surface area contributed by atoms with Crippen molar-refractivity contribution in [2.24, 2.45) is 0 Å². The summed E-state index contributed by atoms with van der Waals surface area (Å²) in [6.45, 7) is 5.74. The molecule has 0 aliphatic heterocycles. The number of aliphatic hydroxyl groups is 1. The molecule has 2 aromatic rings. The molecule has 0 fully saturated rings. The normalized spacial score (nSPS) is 11.7. The number of nitrogens with one attached hydrogen (secondary N) is 2. The Morgan fingerprint density at radius 2 is 1.60 bits per heavy atom. The summed E-state index contributed by atoms with van der Waals surface area (Å²) in [6.07, 6.45) is -0.967. The van der Waals surface area contributed by atoms with Crippen molar-refractivity contribution in [3.8, 4) is 0 Å². The van der Waals surface area contributed by atoms with Crippen molar-refractivity contribution in [3.05, 3.63) is 64.7 Å². The van der Waals surface area contributed by atoms with Gasteiger partial charge in [0.2, 0.25) is 11.8 Å². The van der Waals surface area contributed by atoms with E-state index < -0.39 is 6.10 Å². The van der Waals surface area contributed by atoms with Gasteiger partial charge in [0.05, 0.1) is 19.1 Å². The van der Waals surface area contributed by atoms with Crippen LogP contribution in [0.5, 0.6) is 0 Å². The van der Waals surface area contributed by atoms with Gasteiger partial charge >= 0.3 is 0 Å². The molecule has 1 atom stereocenters. The Labute approximate surface area is 148 Å². The first-order valence-electron chi connectivity index (χ1n) is 8.24. The van der Waals surface area contributed by atoms with Crippen molar-refractivity contribution >= 4 is 17.5 Å². The molecular weight excluding hydrogens is 316 g/mol. The van der Waals surface area contributed by atoms with Crippen molar-refractivity contribution in [1.29, 1.82) is 0 Å². The molecule has 5 heteroatoms. The number of aliphatic hydroxyl groups excluding tert-OH is 1. The largest absolute Gasteiger partial charge is 0.388 e. The third kappa shape index (κ3) is 5.43. The maximum absolute atomic E-state index is 12.1. The molecule has 0 saturated carbocycles. The molecule has 2 rings (SSSR count). The SMILES string of the molecule is Cc1cc(C)c(NC(=O)CNC(=O)CC(O)c2ccccc2)c(C)c1. The highest BCUT2D eigenvalue weighted by atomic mass is 16.3. The minimum Gasteiger partial charge on any atom is -0.388 e. The number of hydrogen-bond donors (Lipinski definition) is 3. The van der Waals surface area contributed by atoms with E-state index >= 15 is 0 Å². The number of carbonyl (C=O) groups excluding carboxylic acids is 2. The zero-order valence-electron chi connectivity index (χ0n) is 14.8. The minimum atomic E-state index is -0.883. The van der Waals surface area contributed by atoms with E-state index in [-0.39, 0.29) is 24.8 Å². The zero-order chi connectivity index (χ0) is 18.4. The van der Waals surface area contributed by atoms with E-state index in [1.807, 2.05) is 39.0 Å². The van der Waals surface area contributed by atoms with Crippen LogP contribution < -0.4 is 10.6 Å². The predicted octanol–water partition coefficient (Wildman–Crippen LogP) is 2.79. The monoisotopic (exact) mass is 340 g/mol. The van der Waals surface area contributed by atoms with Crippen LogP contribution in [0.1, 0.15) is 34.8 Å². The van der Waals surface area contributed by atoms with Gasteiger partial charge in [-0.05, 0) is 37.5 Å². The summed E-state index contributed by atoms with van der Waals surface area (Å²) < 4.78 is 0. The molecule has 0 aliphatic carbocycles. The molecule has 2 amide bonds. The van der Waals surface area contributed by atoms with E-state index in [2.05, 4.69) is 10.6 Å². The maximum Gasteiger partial charge on any atom is 0.243 e. The average molecular weight is 340 g/mol. The van der Waals surface area contributed by atoms with Crippen molar-refractivity contribution in [2.75, 3.05) is 11.9 Å². The quantitative estimate of drug-likeness (QED) is 0.756. The van der Waals surface area contributed by atoms with E-state index in [4.69, 9.17) is 0 Å². The molecule has 132 valence electrons. The number of amides is 2. The lowest BCUT2D eigenvalue weighted by Crippen LogP contribution is -2.33. The fourth-order valence-corrected chi connectivity index (χ4v) is 2.78. The number of anilines is 1. The second kappa shape index (κ2) is 8.44. The van der Waals surface area contributed by atoms with Crippen LogP contribution in [-0.2, 0) is 9.59 Å². The first kappa shape index (κ1) is 18.7. The Bertz CT molecular complexity index is 734. The third-order valence-electron chi connectivity index (χ3n) is 3.95. The molecule has 0 bridgehead atoms. The van der Waals surface area contributed by atoms with Crippen LogP contribution in [0.3, 0.4) is 0 Å². The van der Waals surface area contributed by atoms with E-state index in [0.29, 0.717) is 5.56 Å². The summed E-state index contributed by atoms with van der Waals surface area (Å²) in [5.41, 5.74) is 4.55. The first-order chi connectivity index (χ1) is 11.9. The van der Waals surface area contributed by atoms with Crippen molar-refractivity contribution < 1.29 is 14.7 Å². The van der Waals surface area contributed by atoms with Gasteiger partial charge in [-0.2, -0.15) is 0 Å². The van der Waals surface area contributed by atoms with Gasteiger partial charge in [0.25, 0.3) is 0 Å². The average Bonchev–Trinajstić information content (AvgIpc) is 2.57. The summed E-state index contributed by atoms with van der Waals surface area (Å²) >= 11 is 0. The zero-order valence-corrected chi connectivity index (χ0v) is 14.8. The van der Waals surface area contributed by atoms with Crippen molar-refractivity contribution in [3.63, 3.8) is 0 Å². The van der Waals surface area contributed by atoms with Gasteiger partial charge < -0.3 is 15.7 Å². The number of aryl methyl sites for hydroxylation is 3. The molecule has 2 aromatic carbocycles. The van der Waals surface area contributed by atoms with Gasteiger partial charge in [-0.1, -0.05) is 48.0 Å². The number of hydrogen-bond acceptors (Lipinski definition) is 3. The van der Waals surface area contributed by atoms with Gasteiger partial charge in [0, 0.05) is 5.69 Å². The van der Waals surface area contributed by atoms with Crippen LogP contribution in [0.2, 0.25) is 0 Å². The van der Waals surface area contributed by atoms with Crippen molar-refractivity contribution in [1.82, 2.24) is 5.32 Å². The molecule has 0 aromatic heterocycles. The molecule has 0 spiro atoms. The smallest absolute Gasteiger partial charge is 0.243 e. The molecule has 0 heterocycles. The highest BCUT2D eigenvalue weighted by molar-refractivity contribution is 5.95. The number of rotatable bonds is 6. The summed E-state index contributed by atoms with van der Waals surface area (Å²) in [4.78, 5) is 24.0. The minimum absolute atomic E-state index is 0.0835. The summed E-state index contributed by atoms with van der Waals surface area (Å²) in [5.74, 6) is -0.665. The Hall–Kier alpha value is -2.66. The molecular formula is C20H24N2O3. The first-order valence-corrected chi connectivity index (χ1v) is 8.24. The van der Waals surface area contributed by atoms with E-state index in [1.165, 1.54) is 0 Å². The Balaban J connectivity index is 1.85. The number of carbonyl (C=O) groups is 2. The lowest BCUT2D eigenvalue weighted by Gasteiger charge is -2.14. The molecule has 3 N–H and O–H groups in total. The topological polar surface area (TPSA) is 78.4 Å². The van der Waals surface area contributed by atoms with Crippen LogP contribution >= 0.6 is 0 Å². The van der Waals surface area contributed by atoms with Gasteiger partial charge in [-0.15, -0.1) is 0 Å². The van der Waals surface area contributed by atoms with Crippen LogP contribution in [0.15, 0.2) is 42.5 Å². The lowest BCUT2D eigenvalue weighted by molar-refractivity contribution is -0.125. The Kier molecular flexibility index (Phi) is 6.31. The standard InChI is InChI=1S/C20H24N2O3/c1-13-9-14(2)20(15(3)10-13)22-19(25)12-21-18(24)11-17(23)16-7-5-4-6-8-16/h4-10,17,23H,11-12H2,1-3H3,(H,21,24)(H,22,25). The van der Waals surface area contributed by atoms with Gasteiger partial charge in [0.1, 0.15) is 0 Å². The summed E-state index contributed by atoms with van der Waals surface area (Å²) in [7, 11) is 0. The van der Waals surface area contributed by atoms with E-state index in [0.717, 1.165) is 22.4 Å². The van der Waals surface area contributed by atoms with Gasteiger partial charge in [0.15, 0.2) is 0 Å². The van der Waals surface area contributed by atoms with Crippen molar-refractivity contribution in [2.45, 2.75) is 33.3 Å². The van der Waals surface area contributed by atoms with Crippen LogP contribution in [0.25, 0.3) is 0 Å². The highest BCUT2D eigenvalue weighted by Gasteiger charge is 2.14. The van der Waals surface area contributed by atoms with Gasteiger partial charge in [-0.3, -0.25) is 9.59 Å². The molecule has 25 heavy (non-hydrogen) atoms. The molecule has 1 unspecified atom stereocenters. The Morgan fingerprint density at radius 1 is 1.00 bits per heavy atom. The molecule has 5 nitrogen and oxygen atoms in total. The third-order valence-corrected chi connectivity index (χ3v) is 3.95. The van der Waals surface area contributed by atoms with Gasteiger partial charge in [-0.25, -0.2) is 0 Å².